The van der Waals surface area contributed by atoms with Gasteiger partial charge < -0.3 is 4.42 Å². The van der Waals surface area contributed by atoms with Gasteiger partial charge in [-0.15, -0.1) is 0 Å². The number of aryl methyl sites for hydroxylation is 1. The Morgan fingerprint density at radius 2 is 1.87 bits per heavy atom. The van der Waals surface area contributed by atoms with E-state index in [4.69, 9.17) is 4.42 Å². The van der Waals surface area contributed by atoms with Crippen molar-refractivity contribution in [3.63, 3.8) is 0 Å². The highest BCUT2D eigenvalue weighted by Crippen LogP contribution is 2.37. The number of hydrogen-bond donors (Lipinski definition) is 0. The number of aromatic nitrogens is 3. The lowest BCUT2D eigenvalue weighted by Crippen LogP contribution is -2.31. The van der Waals surface area contributed by atoms with E-state index in [1.165, 1.54) is 13.0 Å². The molecule has 1 aliphatic rings. The SMILES string of the molecule is Cc1nc2c(F)c(F)c3c(c2o1)n(S(=O)(=O)C1CC1)c(=O)n3-c1ccc(Br)cc1F. The first-order valence-electron chi connectivity index (χ1n) is 8.74. The Labute approximate surface area is 174 Å². The normalized spacial score (nSPS) is 14.8. The van der Waals surface area contributed by atoms with Crippen molar-refractivity contribution in [3.8, 4) is 5.69 Å². The zero-order valence-corrected chi connectivity index (χ0v) is 17.5. The van der Waals surface area contributed by atoms with Crippen LogP contribution in [-0.4, -0.2) is 27.2 Å². The molecule has 0 bridgehead atoms. The van der Waals surface area contributed by atoms with E-state index in [1.807, 2.05) is 0 Å². The third-order valence-electron chi connectivity index (χ3n) is 4.92. The van der Waals surface area contributed by atoms with E-state index < -0.39 is 66.2 Å². The zero-order valence-electron chi connectivity index (χ0n) is 15.1. The van der Waals surface area contributed by atoms with Crippen molar-refractivity contribution in [1.29, 1.82) is 0 Å². The van der Waals surface area contributed by atoms with Crippen molar-refractivity contribution in [2.24, 2.45) is 0 Å². The molecule has 1 fully saturated rings. The van der Waals surface area contributed by atoms with E-state index in [2.05, 4.69) is 20.9 Å². The summed E-state index contributed by atoms with van der Waals surface area (Å²) in [6.45, 7) is 1.37. The second kappa shape index (κ2) is 6.20. The molecule has 0 aliphatic heterocycles. The number of nitrogens with zero attached hydrogens (tertiary/aromatic N) is 3. The van der Waals surface area contributed by atoms with Crippen LogP contribution in [0, 0.1) is 24.4 Å². The summed E-state index contributed by atoms with van der Waals surface area (Å²) in [5, 5.41) is -0.851. The fraction of sp³-hybridized carbons (Fsp3) is 0.222. The van der Waals surface area contributed by atoms with Gasteiger partial charge in [-0.3, -0.25) is 4.57 Å². The molecule has 1 aliphatic carbocycles. The van der Waals surface area contributed by atoms with Gasteiger partial charge in [-0.2, -0.15) is 3.97 Å². The molecule has 1 saturated carbocycles. The Morgan fingerprint density at radius 3 is 2.50 bits per heavy atom. The largest absolute Gasteiger partial charge is 0.439 e. The number of rotatable bonds is 3. The van der Waals surface area contributed by atoms with Crippen LogP contribution < -0.4 is 5.69 Å². The van der Waals surface area contributed by atoms with Gasteiger partial charge in [0.05, 0.1) is 10.9 Å². The first kappa shape index (κ1) is 19.4. The van der Waals surface area contributed by atoms with E-state index in [1.54, 1.807) is 0 Å². The van der Waals surface area contributed by atoms with Crippen LogP contribution >= 0.6 is 15.9 Å². The third kappa shape index (κ3) is 2.52. The number of hydrogen-bond acceptors (Lipinski definition) is 5. The van der Waals surface area contributed by atoms with Gasteiger partial charge in [-0.25, -0.2) is 31.4 Å². The van der Waals surface area contributed by atoms with Crippen molar-refractivity contribution >= 4 is 48.1 Å². The van der Waals surface area contributed by atoms with Crippen LogP contribution in [0.3, 0.4) is 0 Å². The standard InChI is InChI=1S/C18H11BrF3N3O4S/c1-7-23-14-12(21)13(22)15-16(17(14)29-7)25(30(27,28)9-3-4-9)18(26)24(15)11-5-2-8(19)6-10(11)20/h2,5-6,9H,3-4H2,1H3. The molecule has 0 spiro atoms. The second-order valence-electron chi connectivity index (χ2n) is 6.96. The summed E-state index contributed by atoms with van der Waals surface area (Å²) in [6, 6.07) is 3.56. The molecule has 0 unspecified atom stereocenters. The number of imidazole rings is 1. The topological polar surface area (TPSA) is 87.1 Å². The molecule has 2 heterocycles. The molecular formula is C18H11BrF3N3O4S. The summed E-state index contributed by atoms with van der Waals surface area (Å²) in [5.74, 6) is -3.96. The molecule has 0 N–H and O–H groups in total. The molecule has 0 radical (unpaired) electrons. The molecular weight excluding hydrogens is 491 g/mol. The van der Waals surface area contributed by atoms with Crippen molar-refractivity contribution < 1.29 is 26.0 Å². The Morgan fingerprint density at radius 1 is 1.17 bits per heavy atom. The highest BCUT2D eigenvalue weighted by Gasteiger charge is 2.42. The molecule has 12 heteroatoms. The van der Waals surface area contributed by atoms with Gasteiger partial charge in [-0.1, -0.05) is 15.9 Å². The van der Waals surface area contributed by atoms with E-state index >= 15 is 4.39 Å². The smallest absolute Gasteiger partial charge is 0.348 e. The number of halogens is 4. The van der Waals surface area contributed by atoms with Crippen molar-refractivity contribution in [3.05, 3.63) is 56.5 Å². The number of fused-ring (bicyclic) bond motifs is 3. The van der Waals surface area contributed by atoms with Crippen LogP contribution in [0.4, 0.5) is 13.2 Å². The van der Waals surface area contributed by atoms with Crippen LogP contribution in [0.5, 0.6) is 0 Å². The summed E-state index contributed by atoms with van der Waals surface area (Å²) in [7, 11) is -4.27. The second-order valence-corrected chi connectivity index (χ2v) is 9.94. The van der Waals surface area contributed by atoms with Gasteiger partial charge in [0, 0.05) is 11.4 Å². The quantitative estimate of drug-likeness (QED) is 0.426. The molecule has 5 rings (SSSR count). The maximum absolute atomic E-state index is 15.1. The Bertz CT molecular complexity index is 1550. The van der Waals surface area contributed by atoms with Crippen LogP contribution in [0.2, 0.25) is 0 Å². The molecule has 2 aromatic carbocycles. The number of oxazole rings is 1. The summed E-state index contributed by atoms with van der Waals surface area (Å²) in [6.07, 6.45) is 0.632. The van der Waals surface area contributed by atoms with Gasteiger partial charge in [-0.05, 0) is 31.0 Å². The van der Waals surface area contributed by atoms with Crippen molar-refractivity contribution in [2.75, 3.05) is 0 Å². The molecule has 4 aromatic rings. The van der Waals surface area contributed by atoms with E-state index in [0.717, 1.165) is 12.1 Å². The fourth-order valence-corrected chi connectivity index (χ4v) is 5.55. The molecule has 7 nitrogen and oxygen atoms in total. The lowest BCUT2D eigenvalue weighted by atomic mass is 10.2. The average molecular weight is 502 g/mol. The highest BCUT2D eigenvalue weighted by atomic mass is 79.9. The summed E-state index contributed by atoms with van der Waals surface area (Å²) >= 11 is 3.08. The maximum atomic E-state index is 15.1. The minimum Gasteiger partial charge on any atom is -0.439 e. The van der Waals surface area contributed by atoms with Crippen LogP contribution in [0.15, 0.2) is 31.9 Å². The first-order chi connectivity index (χ1) is 14.1. The molecule has 2 aromatic heterocycles. The Balaban J connectivity index is 2.07. The molecule has 0 atom stereocenters. The van der Waals surface area contributed by atoms with Crippen LogP contribution in [0.1, 0.15) is 18.7 Å². The van der Waals surface area contributed by atoms with Gasteiger partial charge in [0.15, 0.2) is 28.6 Å². The Hall–Kier alpha value is -2.60. The Kier molecular flexibility index (Phi) is 4.00. The minimum atomic E-state index is -4.27. The third-order valence-corrected chi connectivity index (χ3v) is 7.58. The van der Waals surface area contributed by atoms with Crippen molar-refractivity contribution in [2.45, 2.75) is 25.0 Å². The molecule has 156 valence electrons. The van der Waals surface area contributed by atoms with Gasteiger partial charge in [0.2, 0.25) is 10.0 Å². The lowest BCUT2D eigenvalue weighted by molar-refractivity contribution is 0.519. The van der Waals surface area contributed by atoms with E-state index in [-0.39, 0.29) is 5.89 Å². The van der Waals surface area contributed by atoms with Crippen LogP contribution in [0.25, 0.3) is 27.8 Å². The maximum Gasteiger partial charge on any atom is 0.348 e. The molecule has 0 amide bonds. The molecule has 30 heavy (non-hydrogen) atoms. The fourth-order valence-electron chi connectivity index (χ4n) is 3.47. The number of benzene rings is 2. The lowest BCUT2D eigenvalue weighted by Gasteiger charge is -2.06. The van der Waals surface area contributed by atoms with Crippen LogP contribution in [-0.2, 0) is 10.0 Å². The predicted molar refractivity (Wildman–Crippen MR) is 105 cm³/mol. The summed E-state index contributed by atoms with van der Waals surface area (Å²) < 4.78 is 77.2. The van der Waals surface area contributed by atoms with Gasteiger partial charge in [0.1, 0.15) is 16.9 Å². The predicted octanol–water partition coefficient (Wildman–Crippen LogP) is 3.76. The zero-order chi connectivity index (χ0) is 21.5. The molecule has 0 saturated heterocycles. The summed E-state index contributed by atoms with van der Waals surface area (Å²) in [4.78, 5) is 17.0. The minimum absolute atomic E-state index is 0.0545. The first-order valence-corrected chi connectivity index (χ1v) is 11.0. The van der Waals surface area contributed by atoms with Gasteiger partial charge >= 0.3 is 5.69 Å². The highest BCUT2D eigenvalue weighted by molar-refractivity contribution is 9.10. The van der Waals surface area contributed by atoms with E-state index in [0.29, 0.717) is 25.9 Å². The van der Waals surface area contributed by atoms with Gasteiger partial charge in [0.25, 0.3) is 0 Å². The van der Waals surface area contributed by atoms with E-state index in [9.17, 15) is 22.0 Å². The monoisotopic (exact) mass is 501 g/mol. The summed E-state index contributed by atoms with van der Waals surface area (Å²) in [5.41, 5.74) is -3.90. The van der Waals surface area contributed by atoms with Crippen molar-refractivity contribution in [1.82, 2.24) is 13.5 Å². The average Bonchev–Trinajstić information content (AvgIpc) is 3.39.